The Morgan fingerprint density at radius 3 is 2.36 bits per heavy atom. The van der Waals surface area contributed by atoms with E-state index in [-0.39, 0.29) is 23.2 Å². The molecule has 1 aliphatic carbocycles. The summed E-state index contributed by atoms with van der Waals surface area (Å²) in [4.78, 5) is 2.32. The lowest BCUT2D eigenvalue weighted by atomic mass is 9.90. The van der Waals surface area contributed by atoms with Gasteiger partial charge in [0.1, 0.15) is 12.3 Å². The predicted molar refractivity (Wildman–Crippen MR) is 161 cm³/mol. The Balaban J connectivity index is 1.56. The third kappa shape index (κ3) is 7.32. The van der Waals surface area contributed by atoms with Crippen LogP contribution in [0.2, 0.25) is 0 Å². The van der Waals surface area contributed by atoms with E-state index in [0.717, 1.165) is 35.7 Å². The molecule has 1 aliphatic rings. The molecule has 1 saturated carbocycles. The van der Waals surface area contributed by atoms with Gasteiger partial charge >= 0.3 is 6.18 Å². The summed E-state index contributed by atoms with van der Waals surface area (Å²) in [6, 6.07) is 12.3. The maximum absolute atomic E-state index is 13.6. The van der Waals surface area contributed by atoms with Crippen LogP contribution in [0.4, 0.5) is 24.5 Å². The Labute approximate surface area is 245 Å². The molecule has 42 heavy (non-hydrogen) atoms. The highest BCUT2D eigenvalue weighted by atomic mass is 32.2. The molecule has 0 aliphatic heterocycles. The zero-order valence-corrected chi connectivity index (χ0v) is 25.4. The number of nitrogens with one attached hydrogen (secondary N) is 2. The summed E-state index contributed by atoms with van der Waals surface area (Å²) in [6.07, 6.45) is -0.299. The quantitative estimate of drug-likeness (QED) is 0.326. The minimum absolute atomic E-state index is 0.0767. The van der Waals surface area contributed by atoms with Crippen LogP contribution in [0.1, 0.15) is 31.4 Å². The monoisotopic (exact) mass is 605 g/mol. The van der Waals surface area contributed by atoms with Crippen LogP contribution in [0.3, 0.4) is 0 Å². The van der Waals surface area contributed by atoms with Gasteiger partial charge in [0.05, 0.1) is 35.4 Å². The van der Waals surface area contributed by atoms with Crippen molar-refractivity contribution in [2.75, 3.05) is 52.5 Å². The summed E-state index contributed by atoms with van der Waals surface area (Å²) in [5, 5.41) is 7.35. The molecule has 3 aromatic rings. The second-order valence-electron chi connectivity index (χ2n) is 10.9. The fourth-order valence-electron chi connectivity index (χ4n) is 5.28. The third-order valence-corrected chi connectivity index (χ3v) is 9.42. The van der Waals surface area contributed by atoms with E-state index in [1.54, 1.807) is 24.3 Å². The summed E-state index contributed by atoms with van der Waals surface area (Å²) >= 11 is 0. The normalized spacial score (nSPS) is 17.8. The molecule has 0 atom stereocenters. The first-order valence-electron chi connectivity index (χ1n) is 13.8. The van der Waals surface area contributed by atoms with Crippen LogP contribution in [0.5, 0.6) is 5.75 Å². The molecule has 1 aromatic heterocycles. The van der Waals surface area contributed by atoms with Gasteiger partial charge in [0.2, 0.25) is 10.0 Å². The van der Waals surface area contributed by atoms with Crippen molar-refractivity contribution in [2.24, 2.45) is 0 Å². The highest BCUT2D eigenvalue weighted by Crippen LogP contribution is 2.33. The number of hydrogen-bond donors (Lipinski definition) is 2. The zero-order chi connectivity index (χ0) is 30.7. The summed E-state index contributed by atoms with van der Waals surface area (Å²) in [6.45, 7) is -1.05. The largest absolute Gasteiger partial charge is 0.495 e. The number of methoxy groups -OCH3 is 1. The molecule has 0 bridgehead atoms. The molecular weight excluding hydrogens is 567 g/mol. The van der Waals surface area contributed by atoms with Crippen molar-refractivity contribution >= 4 is 32.3 Å². The van der Waals surface area contributed by atoms with E-state index < -0.39 is 22.7 Å². The molecule has 0 radical (unpaired) electrons. The Bertz CT molecular complexity index is 1560. The van der Waals surface area contributed by atoms with Crippen molar-refractivity contribution < 1.29 is 26.3 Å². The summed E-state index contributed by atoms with van der Waals surface area (Å²) < 4.78 is 73.4. The van der Waals surface area contributed by atoms with Crippen molar-refractivity contribution in [2.45, 2.75) is 55.4 Å². The number of aromatic nitrogens is 1. The van der Waals surface area contributed by atoms with Crippen molar-refractivity contribution in [1.82, 2.24) is 13.8 Å². The van der Waals surface area contributed by atoms with Gasteiger partial charge in [-0.1, -0.05) is 12.0 Å². The second kappa shape index (κ2) is 12.9. The average Bonchev–Trinajstić information content (AvgIpc) is 3.27. The van der Waals surface area contributed by atoms with E-state index in [0.29, 0.717) is 28.4 Å². The Morgan fingerprint density at radius 2 is 1.74 bits per heavy atom. The standard InChI is InChI=1S/C30H38F3N5O3S/c1-36(2)22-13-11-21(12-14-22)35-26-9-6-10-28-25(26)18-23(38(28)20-30(31,32)33)8-7-17-34-27-16-15-24(19-29(27)41-5)42(39,40)37(3)4/h6,9-10,15-16,18-19,21-22,34-35H,11-14,17,20H2,1-5H3/t21-,22-. The lowest BCUT2D eigenvalue weighted by molar-refractivity contribution is -0.140. The van der Waals surface area contributed by atoms with Gasteiger partial charge in [0.15, 0.2) is 0 Å². The van der Waals surface area contributed by atoms with Crippen LogP contribution in [0.15, 0.2) is 47.4 Å². The molecule has 8 nitrogen and oxygen atoms in total. The molecule has 1 fully saturated rings. The lowest BCUT2D eigenvalue weighted by Gasteiger charge is -2.33. The number of halogens is 3. The van der Waals surface area contributed by atoms with Gasteiger partial charge in [-0.15, -0.1) is 0 Å². The number of fused-ring (bicyclic) bond motifs is 1. The molecule has 4 rings (SSSR count). The molecule has 0 saturated heterocycles. The molecule has 12 heteroatoms. The Kier molecular flexibility index (Phi) is 9.65. The van der Waals surface area contributed by atoms with Gasteiger partial charge in [-0.05, 0) is 76.0 Å². The molecular formula is C30H38F3N5O3S. The minimum Gasteiger partial charge on any atom is -0.495 e. The molecule has 2 aromatic carbocycles. The second-order valence-corrected chi connectivity index (χ2v) is 13.0. The first-order valence-corrected chi connectivity index (χ1v) is 15.2. The fraction of sp³-hybridized carbons (Fsp3) is 0.467. The van der Waals surface area contributed by atoms with E-state index in [1.807, 2.05) is 6.07 Å². The van der Waals surface area contributed by atoms with Crippen molar-refractivity contribution in [1.29, 1.82) is 0 Å². The summed E-state index contributed by atoms with van der Waals surface area (Å²) in [5.41, 5.74) is 2.04. The lowest BCUT2D eigenvalue weighted by Crippen LogP contribution is -2.36. The Morgan fingerprint density at radius 1 is 1.02 bits per heavy atom. The zero-order valence-electron chi connectivity index (χ0n) is 24.5. The number of rotatable bonds is 9. The topological polar surface area (TPSA) is 78.8 Å². The summed E-state index contributed by atoms with van der Waals surface area (Å²) in [5.74, 6) is 6.12. The van der Waals surface area contributed by atoms with E-state index in [2.05, 4.69) is 41.5 Å². The molecule has 228 valence electrons. The Hall–Kier alpha value is -3.40. The average molecular weight is 606 g/mol. The van der Waals surface area contributed by atoms with Crippen LogP contribution in [0.25, 0.3) is 10.9 Å². The molecule has 0 unspecified atom stereocenters. The van der Waals surface area contributed by atoms with E-state index >= 15 is 0 Å². The number of ether oxygens (including phenoxy) is 1. The SMILES string of the molecule is COc1cc(S(=O)(=O)N(C)C)ccc1NCC#Cc1cc2c(N[C@H]3CC[C@H](N(C)C)CC3)cccc2n1CC(F)(F)F. The van der Waals surface area contributed by atoms with Gasteiger partial charge in [-0.3, -0.25) is 0 Å². The molecule has 0 amide bonds. The number of anilines is 2. The van der Waals surface area contributed by atoms with Crippen molar-refractivity contribution in [3.8, 4) is 17.6 Å². The molecule has 1 heterocycles. The number of alkyl halides is 3. The number of benzene rings is 2. The highest BCUT2D eigenvalue weighted by molar-refractivity contribution is 7.89. The summed E-state index contributed by atoms with van der Waals surface area (Å²) in [7, 11) is 4.84. The smallest absolute Gasteiger partial charge is 0.406 e. The van der Waals surface area contributed by atoms with Crippen LogP contribution >= 0.6 is 0 Å². The number of nitrogens with zero attached hydrogens (tertiary/aromatic N) is 3. The maximum atomic E-state index is 13.6. The van der Waals surface area contributed by atoms with E-state index in [1.165, 1.54) is 37.9 Å². The minimum atomic E-state index is -4.42. The van der Waals surface area contributed by atoms with Gasteiger partial charge in [-0.25, -0.2) is 12.7 Å². The molecule has 2 N–H and O–H groups in total. The van der Waals surface area contributed by atoms with E-state index in [9.17, 15) is 21.6 Å². The van der Waals surface area contributed by atoms with Gasteiger partial charge in [-0.2, -0.15) is 13.2 Å². The first kappa shape index (κ1) is 31.5. The van der Waals surface area contributed by atoms with Gasteiger partial charge in [0.25, 0.3) is 0 Å². The van der Waals surface area contributed by atoms with Crippen molar-refractivity contribution in [3.63, 3.8) is 0 Å². The van der Waals surface area contributed by atoms with Gasteiger partial charge in [0, 0.05) is 43.3 Å². The highest BCUT2D eigenvalue weighted by Gasteiger charge is 2.30. The predicted octanol–water partition coefficient (Wildman–Crippen LogP) is 5.21. The first-order chi connectivity index (χ1) is 19.8. The van der Waals surface area contributed by atoms with Crippen LogP contribution in [-0.4, -0.2) is 82.3 Å². The van der Waals surface area contributed by atoms with Gasteiger partial charge < -0.3 is 24.8 Å². The van der Waals surface area contributed by atoms with E-state index in [4.69, 9.17) is 4.74 Å². The van der Waals surface area contributed by atoms with Crippen LogP contribution < -0.4 is 15.4 Å². The van der Waals surface area contributed by atoms with Crippen molar-refractivity contribution in [3.05, 3.63) is 48.2 Å². The van der Waals surface area contributed by atoms with Crippen LogP contribution in [0, 0.1) is 11.8 Å². The fourth-order valence-corrected chi connectivity index (χ4v) is 6.20. The third-order valence-electron chi connectivity index (χ3n) is 7.61. The maximum Gasteiger partial charge on any atom is 0.406 e. The molecule has 0 spiro atoms. The number of sulfonamides is 1. The number of hydrogen-bond acceptors (Lipinski definition) is 6. The van der Waals surface area contributed by atoms with Crippen LogP contribution in [-0.2, 0) is 16.6 Å².